The van der Waals surface area contributed by atoms with Gasteiger partial charge in [-0.15, -0.1) is 0 Å². The summed E-state index contributed by atoms with van der Waals surface area (Å²) in [5.74, 6) is 0.0653. The van der Waals surface area contributed by atoms with Gasteiger partial charge in [0.1, 0.15) is 0 Å². The highest BCUT2D eigenvalue weighted by atomic mass is 16.3. The van der Waals surface area contributed by atoms with Crippen LogP contribution in [-0.4, -0.2) is 11.0 Å². The molecule has 108 valence electrons. The van der Waals surface area contributed by atoms with Crippen molar-refractivity contribution in [1.82, 2.24) is 0 Å². The summed E-state index contributed by atoms with van der Waals surface area (Å²) < 4.78 is 0. The highest BCUT2D eigenvalue weighted by Gasteiger charge is 2.17. The van der Waals surface area contributed by atoms with Crippen molar-refractivity contribution in [2.24, 2.45) is 0 Å². The standard InChI is InChI=1S/C18H19NO2/c1-12-3-2-4-13(9-12)10-17(20)15-5-7-16-14(11-15)6-8-18(21)19-16/h2-5,7,9,11,17,20H,6,8,10H2,1H3,(H,19,21). The van der Waals surface area contributed by atoms with Crippen LogP contribution in [0, 0.1) is 6.92 Å². The molecule has 0 aromatic heterocycles. The molecule has 0 bridgehead atoms. The highest BCUT2D eigenvalue weighted by molar-refractivity contribution is 5.93. The van der Waals surface area contributed by atoms with Gasteiger partial charge in [-0.2, -0.15) is 0 Å². The molecule has 1 aliphatic rings. The van der Waals surface area contributed by atoms with Crippen LogP contribution in [0.15, 0.2) is 42.5 Å². The van der Waals surface area contributed by atoms with E-state index in [4.69, 9.17) is 0 Å². The molecule has 1 aliphatic heterocycles. The van der Waals surface area contributed by atoms with Crippen molar-refractivity contribution in [1.29, 1.82) is 0 Å². The number of carbonyl (C=O) groups is 1. The van der Waals surface area contributed by atoms with E-state index in [1.54, 1.807) is 0 Å². The Kier molecular flexibility index (Phi) is 3.76. The minimum Gasteiger partial charge on any atom is -0.388 e. The van der Waals surface area contributed by atoms with Gasteiger partial charge in [0.25, 0.3) is 0 Å². The van der Waals surface area contributed by atoms with Crippen molar-refractivity contribution in [2.45, 2.75) is 32.3 Å². The summed E-state index contributed by atoms with van der Waals surface area (Å²) in [4.78, 5) is 11.4. The molecule has 1 amide bonds. The van der Waals surface area contributed by atoms with Crippen molar-refractivity contribution in [3.05, 3.63) is 64.7 Å². The Morgan fingerprint density at radius 2 is 2.05 bits per heavy atom. The molecule has 3 rings (SSSR count). The summed E-state index contributed by atoms with van der Waals surface area (Å²) in [5, 5.41) is 13.3. The smallest absolute Gasteiger partial charge is 0.224 e. The van der Waals surface area contributed by atoms with Crippen molar-refractivity contribution >= 4 is 11.6 Å². The predicted molar refractivity (Wildman–Crippen MR) is 83.2 cm³/mol. The van der Waals surface area contributed by atoms with E-state index in [1.807, 2.05) is 30.3 Å². The second-order valence-corrected chi connectivity index (χ2v) is 5.67. The number of benzene rings is 2. The zero-order valence-electron chi connectivity index (χ0n) is 12.1. The Balaban J connectivity index is 1.79. The van der Waals surface area contributed by atoms with Gasteiger partial charge in [-0.1, -0.05) is 42.0 Å². The normalized spacial score (nSPS) is 15.2. The number of rotatable bonds is 3. The summed E-state index contributed by atoms with van der Waals surface area (Å²) in [6.45, 7) is 2.05. The second kappa shape index (κ2) is 5.70. The maximum atomic E-state index is 11.4. The number of nitrogens with one attached hydrogen (secondary N) is 1. The number of aryl methyl sites for hydroxylation is 2. The van der Waals surface area contributed by atoms with Gasteiger partial charge >= 0.3 is 0 Å². The fraction of sp³-hybridized carbons (Fsp3) is 0.278. The van der Waals surface area contributed by atoms with Gasteiger partial charge in [0, 0.05) is 18.5 Å². The molecule has 2 aromatic rings. The largest absolute Gasteiger partial charge is 0.388 e. The van der Waals surface area contributed by atoms with Crippen LogP contribution in [0.25, 0.3) is 0 Å². The van der Waals surface area contributed by atoms with Crippen LogP contribution in [-0.2, 0) is 17.6 Å². The van der Waals surface area contributed by atoms with E-state index in [-0.39, 0.29) is 5.91 Å². The van der Waals surface area contributed by atoms with E-state index in [0.29, 0.717) is 12.8 Å². The van der Waals surface area contributed by atoms with Crippen molar-refractivity contribution < 1.29 is 9.90 Å². The Morgan fingerprint density at radius 1 is 1.19 bits per heavy atom. The summed E-state index contributed by atoms with van der Waals surface area (Å²) in [6, 6.07) is 14.0. The number of aliphatic hydroxyl groups excluding tert-OH is 1. The Hall–Kier alpha value is -2.13. The molecule has 0 spiro atoms. The predicted octanol–water partition coefficient (Wildman–Crippen LogP) is 3.16. The number of fused-ring (bicyclic) bond motifs is 1. The third-order valence-corrected chi connectivity index (χ3v) is 3.92. The molecule has 21 heavy (non-hydrogen) atoms. The SMILES string of the molecule is Cc1cccc(CC(O)c2ccc3c(c2)CCC(=O)N3)c1. The van der Waals surface area contributed by atoms with E-state index >= 15 is 0 Å². The molecule has 2 N–H and O–H groups in total. The first-order valence-corrected chi connectivity index (χ1v) is 7.28. The maximum Gasteiger partial charge on any atom is 0.224 e. The number of anilines is 1. The van der Waals surface area contributed by atoms with E-state index in [0.717, 1.165) is 28.8 Å². The summed E-state index contributed by atoms with van der Waals surface area (Å²) in [6.07, 6.45) is 1.35. The zero-order valence-corrected chi connectivity index (χ0v) is 12.1. The second-order valence-electron chi connectivity index (χ2n) is 5.67. The molecule has 3 heteroatoms. The number of carbonyl (C=O) groups excluding carboxylic acids is 1. The van der Waals surface area contributed by atoms with Gasteiger partial charge < -0.3 is 10.4 Å². The fourth-order valence-electron chi connectivity index (χ4n) is 2.79. The molecular weight excluding hydrogens is 262 g/mol. The number of amides is 1. The van der Waals surface area contributed by atoms with E-state index in [9.17, 15) is 9.90 Å². The van der Waals surface area contributed by atoms with Crippen LogP contribution < -0.4 is 5.32 Å². The minimum atomic E-state index is -0.519. The topological polar surface area (TPSA) is 49.3 Å². The molecule has 0 fully saturated rings. The lowest BCUT2D eigenvalue weighted by Crippen LogP contribution is -2.19. The molecular formula is C18H19NO2. The van der Waals surface area contributed by atoms with Gasteiger partial charge in [0.15, 0.2) is 0 Å². The van der Waals surface area contributed by atoms with Gasteiger partial charge in [-0.25, -0.2) is 0 Å². The summed E-state index contributed by atoms with van der Waals surface area (Å²) >= 11 is 0. The van der Waals surface area contributed by atoms with Gasteiger partial charge in [-0.3, -0.25) is 4.79 Å². The minimum absolute atomic E-state index is 0.0653. The lowest BCUT2D eigenvalue weighted by molar-refractivity contribution is -0.116. The Labute approximate surface area is 124 Å². The van der Waals surface area contributed by atoms with Crippen LogP contribution in [0.1, 0.15) is 34.8 Å². The maximum absolute atomic E-state index is 11.4. The van der Waals surface area contributed by atoms with Gasteiger partial charge in [0.05, 0.1) is 6.10 Å². The van der Waals surface area contributed by atoms with Crippen LogP contribution in [0.2, 0.25) is 0 Å². The summed E-state index contributed by atoms with van der Waals surface area (Å²) in [5.41, 5.74) is 5.22. The first kappa shape index (κ1) is 13.8. The van der Waals surface area contributed by atoms with E-state index in [1.165, 1.54) is 5.56 Å². The first-order valence-electron chi connectivity index (χ1n) is 7.28. The molecule has 0 saturated carbocycles. The molecule has 1 unspecified atom stereocenters. The van der Waals surface area contributed by atoms with Crippen LogP contribution in [0.4, 0.5) is 5.69 Å². The number of aliphatic hydroxyl groups is 1. The molecule has 2 aromatic carbocycles. The Bertz CT molecular complexity index is 679. The lowest BCUT2D eigenvalue weighted by Gasteiger charge is -2.19. The quantitative estimate of drug-likeness (QED) is 0.908. The van der Waals surface area contributed by atoms with Crippen LogP contribution in [0.3, 0.4) is 0 Å². The van der Waals surface area contributed by atoms with E-state index in [2.05, 4.69) is 24.4 Å². The monoisotopic (exact) mass is 281 g/mol. The number of hydrogen-bond acceptors (Lipinski definition) is 2. The van der Waals surface area contributed by atoms with Gasteiger partial charge in [0.2, 0.25) is 5.91 Å². The zero-order chi connectivity index (χ0) is 14.8. The Morgan fingerprint density at radius 3 is 2.86 bits per heavy atom. The first-order chi connectivity index (χ1) is 10.1. The third kappa shape index (κ3) is 3.14. The van der Waals surface area contributed by atoms with Crippen molar-refractivity contribution in [2.75, 3.05) is 5.32 Å². The summed E-state index contributed by atoms with van der Waals surface area (Å²) in [7, 11) is 0. The van der Waals surface area contributed by atoms with E-state index < -0.39 is 6.10 Å². The molecule has 0 aliphatic carbocycles. The molecule has 0 saturated heterocycles. The van der Waals surface area contributed by atoms with Gasteiger partial charge in [-0.05, 0) is 36.1 Å². The highest BCUT2D eigenvalue weighted by Crippen LogP contribution is 2.27. The van der Waals surface area contributed by atoms with Crippen LogP contribution in [0.5, 0.6) is 0 Å². The number of hydrogen-bond donors (Lipinski definition) is 2. The lowest BCUT2D eigenvalue weighted by atomic mass is 9.95. The van der Waals surface area contributed by atoms with Crippen LogP contribution >= 0.6 is 0 Å². The average Bonchev–Trinajstić information content (AvgIpc) is 2.46. The molecule has 1 heterocycles. The molecule has 3 nitrogen and oxygen atoms in total. The fourth-order valence-corrected chi connectivity index (χ4v) is 2.79. The average molecular weight is 281 g/mol. The molecule has 1 atom stereocenters. The molecule has 0 radical (unpaired) electrons. The van der Waals surface area contributed by atoms with Crippen molar-refractivity contribution in [3.63, 3.8) is 0 Å². The third-order valence-electron chi connectivity index (χ3n) is 3.92. The van der Waals surface area contributed by atoms with Crippen molar-refractivity contribution in [3.8, 4) is 0 Å².